The van der Waals surface area contributed by atoms with E-state index in [1.165, 1.54) is 11.1 Å². The molecule has 2 aromatic rings. The summed E-state index contributed by atoms with van der Waals surface area (Å²) in [5.41, 5.74) is 4.51. The minimum atomic E-state index is -0.168. The van der Waals surface area contributed by atoms with Crippen molar-refractivity contribution in [3.63, 3.8) is 0 Å². The summed E-state index contributed by atoms with van der Waals surface area (Å²) in [6, 6.07) is 10.2. The second-order valence-electron chi connectivity index (χ2n) is 7.54. The number of pyridine rings is 1. The van der Waals surface area contributed by atoms with Gasteiger partial charge in [0, 0.05) is 51.5 Å². The van der Waals surface area contributed by atoms with Gasteiger partial charge < -0.3 is 15.1 Å². The van der Waals surface area contributed by atoms with Crippen molar-refractivity contribution in [1.82, 2.24) is 20.1 Å². The van der Waals surface area contributed by atoms with Crippen molar-refractivity contribution in [2.24, 2.45) is 0 Å². The maximum Gasteiger partial charge on any atom is 0.222 e. The van der Waals surface area contributed by atoms with Crippen molar-refractivity contribution in [2.45, 2.75) is 26.3 Å². The van der Waals surface area contributed by atoms with Crippen LogP contribution in [-0.4, -0.2) is 60.5 Å². The van der Waals surface area contributed by atoms with Crippen LogP contribution in [0.2, 0.25) is 0 Å². The van der Waals surface area contributed by atoms with E-state index in [1.807, 2.05) is 18.3 Å². The third-order valence-electron chi connectivity index (χ3n) is 5.32. The van der Waals surface area contributed by atoms with Crippen molar-refractivity contribution in [1.29, 1.82) is 0 Å². The highest BCUT2D eigenvalue weighted by Gasteiger charge is 2.20. The lowest BCUT2D eigenvalue weighted by Gasteiger charge is -2.32. The lowest BCUT2D eigenvalue weighted by atomic mass is 9.94. The van der Waals surface area contributed by atoms with Gasteiger partial charge in [-0.05, 0) is 43.7 Å². The van der Waals surface area contributed by atoms with Crippen molar-refractivity contribution in [3.8, 4) is 0 Å². The Balaban J connectivity index is 1.70. The number of nitrogens with one attached hydrogen (secondary N) is 1. The van der Waals surface area contributed by atoms with Crippen molar-refractivity contribution < 1.29 is 4.79 Å². The van der Waals surface area contributed by atoms with E-state index in [4.69, 9.17) is 0 Å². The SMILES string of the molecule is Cc1ccc(C)c([C@H](NC(=O)CCN2CCN(C)CC2)c2cccnc2)c1. The third kappa shape index (κ3) is 5.37. The van der Waals surface area contributed by atoms with Gasteiger partial charge in [0.1, 0.15) is 0 Å². The van der Waals surface area contributed by atoms with Gasteiger partial charge >= 0.3 is 0 Å². The number of nitrogens with zero attached hydrogens (tertiary/aromatic N) is 3. The summed E-state index contributed by atoms with van der Waals surface area (Å²) in [6.45, 7) is 9.20. The molecule has 0 bridgehead atoms. The fourth-order valence-corrected chi connectivity index (χ4v) is 3.52. The number of likely N-dealkylation sites (N-methyl/N-ethyl adjacent to an activating group) is 1. The van der Waals surface area contributed by atoms with Gasteiger partial charge in [0.15, 0.2) is 0 Å². The van der Waals surface area contributed by atoms with Gasteiger partial charge in [-0.1, -0.05) is 29.8 Å². The van der Waals surface area contributed by atoms with Crippen LogP contribution in [0.25, 0.3) is 0 Å². The van der Waals surface area contributed by atoms with Crippen LogP contribution in [0.3, 0.4) is 0 Å². The summed E-state index contributed by atoms with van der Waals surface area (Å²) in [6.07, 6.45) is 4.12. The Hall–Kier alpha value is -2.24. The van der Waals surface area contributed by atoms with E-state index in [9.17, 15) is 4.79 Å². The third-order valence-corrected chi connectivity index (χ3v) is 5.32. The molecular weight excluding hydrogens is 336 g/mol. The summed E-state index contributed by atoms with van der Waals surface area (Å²) in [4.78, 5) is 21.7. The number of amides is 1. The van der Waals surface area contributed by atoms with Crippen LogP contribution < -0.4 is 5.32 Å². The lowest BCUT2D eigenvalue weighted by Crippen LogP contribution is -2.45. The Morgan fingerprint density at radius 1 is 1.19 bits per heavy atom. The molecule has 1 atom stereocenters. The molecule has 1 aliphatic heterocycles. The normalized spacial score (nSPS) is 16.9. The number of aryl methyl sites for hydroxylation is 2. The van der Waals surface area contributed by atoms with Gasteiger partial charge in [0.2, 0.25) is 5.91 Å². The fourth-order valence-electron chi connectivity index (χ4n) is 3.52. The van der Waals surface area contributed by atoms with Crippen molar-refractivity contribution >= 4 is 5.91 Å². The molecule has 0 saturated carbocycles. The lowest BCUT2D eigenvalue weighted by molar-refractivity contribution is -0.122. The first-order valence-electron chi connectivity index (χ1n) is 9.70. The number of carbonyl (C=O) groups excluding carboxylic acids is 1. The zero-order chi connectivity index (χ0) is 19.2. The molecule has 2 heterocycles. The highest BCUT2D eigenvalue weighted by atomic mass is 16.1. The van der Waals surface area contributed by atoms with E-state index in [0.717, 1.165) is 43.9 Å². The molecule has 0 aliphatic carbocycles. The fraction of sp³-hybridized carbons (Fsp3) is 0.455. The molecular formula is C22H30N4O. The van der Waals surface area contributed by atoms with Gasteiger partial charge in [-0.15, -0.1) is 0 Å². The van der Waals surface area contributed by atoms with Crippen LogP contribution in [0.5, 0.6) is 0 Å². The largest absolute Gasteiger partial charge is 0.345 e. The Labute approximate surface area is 162 Å². The quantitative estimate of drug-likeness (QED) is 0.854. The summed E-state index contributed by atoms with van der Waals surface area (Å²) in [5, 5.41) is 3.25. The average molecular weight is 367 g/mol. The number of rotatable bonds is 6. The van der Waals surface area contributed by atoms with Gasteiger partial charge in [-0.2, -0.15) is 0 Å². The number of hydrogen-bond donors (Lipinski definition) is 1. The van der Waals surface area contributed by atoms with Crippen molar-refractivity contribution in [2.75, 3.05) is 39.8 Å². The van der Waals surface area contributed by atoms with E-state index >= 15 is 0 Å². The number of benzene rings is 1. The molecule has 0 unspecified atom stereocenters. The van der Waals surface area contributed by atoms with Crippen LogP contribution in [0.15, 0.2) is 42.7 Å². The van der Waals surface area contributed by atoms with E-state index < -0.39 is 0 Å². The predicted molar refractivity (Wildman–Crippen MR) is 109 cm³/mol. The van der Waals surface area contributed by atoms with Crippen molar-refractivity contribution in [3.05, 3.63) is 65.0 Å². The molecule has 0 radical (unpaired) electrons. The highest BCUT2D eigenvalue weighted by molar-refractivity contribution is 5.77. The maximum atomic E-state index is 12.7. The standard InChI is InChI=1S/C22H30N4O/c1-17-6-7-18(2)20(15-17)22(19-5-4-9-23-16-19)24-21(27)8-10-26-13-11-25(3)12-14-26/h4-7,9,15-16,22H,8,10-14H2,1-3H3,(H,24,27)/t22-/m1/s1. The monoisotopic (exact) mass is 366 g/mol. The molecule has 1 fully saturated rings. The summed E-state index contributed by atoms with van der Waals surface area (Å²) >= 11 is 0. The summed E-state index contributed by atoms with van der Waals surface area (Å²) < 4.78 is 0. The van der Waals surface area contributed by atoms with Crippen LogP contribution in [0, 0.1) is 13.8 Å². The average Bonchev–Trinajstić information content (AvgIpc) is 2.68. The molecule has 0 spiro atoms. The van der Waals surface area contributed by atoms with E-state index in [1.54, 1.807) is 6.20 Å². The summed E-state index contributed by atoms with van der Waals surface area (Å²) in [7, 11) is 2.15. The molecule has 144 valence electrons. The van der Waals surface area contributed by atoms with E-state index in [2.05, 4.69) is 59.2 Å². The molecule has 1 saturated heterocycles. The molecule has 1 amide bonds. The second-order valence-corrected chi connectivity index (χ2v) is 7.54. The summed E-state index contributed by atoms with van der Waals surface area (Å²) in [5.74, 6) is 0.0867. The Morgan fingerprint density at radius 3 is 2.67 bits per heavy atom. The van der Waals surface area contributed by atoms with Gasteiger partial charge in [-0.3, -0.25) is 9.78 Å². The first-order valence-corrected chi connectivity index (χ1v) is 9.70. The Morgan fingerprint density at radius 2 is 1.96 bits per heavy atom. The van der Waals surface area contributed by atoms with Gasteiger partial charge in [0.25, 0.3) is 0 Å². The first kappa shape index (κ1) is 19.5. The van der Waals surface area contributed by atoms with E-state index in [-0.39, 0.29) is 11.9 Å². The minimum Gasteiger partial charge on any atom is -0.345 e. The number of carbonyl (C=O) groups is 1. The van der Waals surface area contributed by atoms with Crippen LogP contribution in [-0.2, 0) is 4.79 Å². The molecule has 1 aliphatic rings. The Kier molecular flexibility index (Phi) is 6.58. The van der Waals surface area contributed by atoms with Gasteiger partial charge in [-0.25, -0.2) is 0 Å². The zero-order valence-electron chi connectivity index (χ0n) is 16.6. The molecule has 1 aromatic carbocycles. The molecule has 27 heavy (non-hydrogen) atoms. The molecule has 5 heteroatoms. The number of hydrogen-bond acceptors (Lipinski definition) is 4. The molecule has 1 N–H and O–H groups in total. The van der Waals surface area contributed by atoms with Crippen LogP contribution in [0.4, 0.5) is 0 Å². The molecule has 3 rings (SSSR count). The zero-order valence-corrected chi connectivity index (χ0v) is 16.6. The maximum absolute atomic E-state index is 12.7. The smallest absolute Gasteiger partial charge is 0.222 e. The Bertz CT molecular complexity index is 754. The van der Waals surface area contributed by atoms with Gasteiger partial charge in [0.05, 0.1) is 6.04 Å². The minimum absolute atomic E-state index is 0.0867. The number of aromatic nitrogens is 1. The number of piperazine rings is 1. The molecule has 5 nitrogen and oxygen atoms in total. The van der Waals surface area contributed by atoms with Crippen LogP contribution in [0.1, 0.15) is 34.7 Å². The van der Waals surface area contributed by atoms with E-state index in [0.29, 0.717) is 6.42 Å². The topological polar surface area (TPSA) is 48.5 Å². The predicted octanol–water partition coefficient (Wildman–Crippen LogP) is 2.54. The highest BCUT2D eigenvalue weighted by Crippen LogP contribution is 2.25. The second kappa shape index (κ2) is 9.11. The molecule has 1 aromatic heterocycles. The van der Waals surface area contributed by atoms with Crippen LogP contribution >= 0.6 is 0 Å². The first-order chi connectivity index (χ1) is 13.0.